The molecule has 0 bridgehead atoms. The summed E-state index contributed by atoms with van der Waals surface area (Å²) in [6, 6.07) is 0.676. The van der Waals surface area contributed by atoms with Crippen LogP contribution in [0.25, 0.3) is 0 Å². The van der Waals surface area contributed by atoms with Crippen molar-refractivity contribution in [3.63, 3.8) is 0 Å². The maximum absolute atomic E-state index is 10.8. The molecule has 0 aliphatic heterocycles. The first-order valence-corrected chi connectivity index (χ1v) is 6.27. The Morgan fingerprint density at radius 2 is 2.33 bits per heavy atom. The largest absolute Gasteiger partial charge is 0.345 e. The molecule has 0 atom stereocenters. The minimum atomic E-state index is 0.676. The number of nitrogens with zero attached hydrogens (tertiary/aromatic N) is 2. The van der Waals surface area contributed by atoms with E-state index in [1.807, 2.05) is 6.92 Å². The van der Waals surface area contributed by atoms with E-state index in [2.05, 4.69) is 16.8 Å². The molecule has 4 heteroatoms. The Bertz CT molecular complexity index is 357. The fraction of sp³-hybridized carbons (Fsp3) is 0.636. The van der Waals surface area contributed by atoms with Gasteiger partial charge in [0.05, 0.1) is 10.6 Å². The van der Waals surface area contributed by atoms with Gasteiger partial charge in [-0.05, 0) is 26.2 Å². The number of aldehydes is 1. The molecule has 1 aromatic rings. The molecule has 0 N–H and O–H groups in total. The van der Waals surface area contributed by atoms with Gasteiger partial charge in [0.15, 0.2) is 11.4 Å². The van der Waals surface area contributed by atoms with Crippen LogP contribution < -0.4 is 4.90 Å². The number of aromatic nitrogens is 1. The molecule has 0 saturated heterocycles. The molecule has 0 unspecified atom stereocenters. The number of anilines is 1. The molecule has 1 aromatic heterocycles. The van der Waals surface area contributed by atoms with Gasteiger partial charge in [0.2, 0.25) is 0 Å². The van der Waals surface area contributed by atoms with Gasteiger partial charge >= 0.3 is 0 Å². The number of carbonyl (C=O) groups excluding carboxylic acids is 1. The highest BCUT2D eigenvalue weighted by Gasteiger charge is 2.30. The highest BCUT2D eigenvalue weighted by atomic mass is 32.1. The summed E-state index contributed by atoms with van der Waals surface area (Å²) in [5.74, 6) is 0. The van der Waals surface area contributed by atoms with E-state index in [0.29, 0.717) is 6.04 Å². The van der Waals surface area contributed by atoms with E-state index < -0.39 is 0 Å². The average Bonchev–Trinajstić information content (AvgIpc) is 2.99. The number of aryl methyl sites for hydroxylation is 1. The number of hydrogen-bond donors (Lipinski definition) is 0. The van der Waals surface area contributed by atoms with Crippen LogP contribution in [0.3, 0.4) is 0 Å². The molecule has 1 saturated carbocycles. The molecule has 1 aliphatic carbocycles. The molecule has 0 aromatic carbocycles. The molecular weight excluding hydrogens is 208 g/mol. The van der Waals surface area contributed by atoms with E-state index in [1.54, 1.807) is 0 Å². The van der Waals surface area contributed by atoms with Gasteiger partial charge in [-0.15, -0.1) is 0 Å². The van der Waals surface area contributed by atoms with E-state index in [9.17, 15) is 4.79 Å². The highest BCUT2D eigenvalue weighted by molar-refractivity contribution is 7.17. The minimum Gasteiger partial charge on any atom is -0.345 e. The lowest BCUT2D eigenvalue weighted by molar-refractivity contribution is 0.112. The number of carbonyl (C=O) groups is 1. The van der Waals surface area contributed by atoms with Gasteiger partial charge in [0.1, 0.15) is 0 Å². The standard InChI is InChI=1S/C11H16N2OS/c1-3-6-13(9-4-5-9)11-12-8(2)10(7-14)15-11/h7,9H,3-6H2,1-2H3. The zero-order valence-corrected chi connectivity index (χ0v) is 10.0. The third kappa shape index (κ3) is 2.20. The summed E-state index contributed by atoms with van der Waals surface area (Å²) in [4.78, 5) is 18.4. The summed E-state index contributed by atoms with van der Waals surface area (Å²) < 4.78 is 0. The van der Waals surface area contributed by atoms with Crippen LogP contribution in [-0.4, -0.2) is 23.9 Å². The first-order valence-electron chi connectivity index (χ1n) is 5.45. The summed E-state index contributed by atoms with van der Waals surface area (Å²) >= 11 is 1.52. The third-order valence-corrected chi connectivity index (χ3v) is 3.75. The van der Waals surface area contributed by atoms with Crippen LogP contribution in [0.4, 0.5) is 5.13 Å². The van der Waals surface area contributed by atoms with Crippen LogP contribution in [-0.2, 0) is 0 Å². The smallest absolute Gasteiger partial charge is 0.186 e. The molecule has 0 amide bonds. The second-order valence-corrected chi connectivity index (χ2v) is 5.00. The van der Waals surface area contributed by atoms with Crippen molar-refractivity contribution in [2.45, 2.75) is 39.2 Å². The molecule has 0 spiro atoms. The van der Waals surface area contributed by atoms with Gasteiger partial charge in [0.25, 0.3) is 0 Å². The van der Waals surface area contributed by atoms with Crippen LogP contribution in [0.2, 0.25) is 0 Å². The monoisotopic (exact) mass is 224 g/mol. The van der Waals surface area contributed by atoms with Crippen LogP contribution in [0.5, 0.6) is 0 Å². The van der Waals surface area contributed by atoms with Gasteiger partial charge in [-0.2, -0.15) is 0 Å². The lowest BCUT2D eigenvalue weighted by Gasteiger charge is -2.20. The molecule has 3 nitrogen and oxygen atoms in total. The van der Waals surface area contributed by atoms with Crippen molar-refractivity contribution in [1.29, 1.82) is 0 Å². The second kappa shape index (κ2) is 4.31. The molecule has 1 heterocycles. The van der Waals surface area contributed by atoms with Crippen LogP contribution in [0, 0.1) is 6.92 Å². The number of hydrogen-bond acceptors (Lipinski definition) is 4. The topological polar surface area (TPSA) is 33.2 Å². The summed E-state index contributed by atoms with van der Waals surface area (Å²) in [6.07, 6.45) is 4.59. The Kier molecular flexibility index (Phi) is 3.05. The maximum atomic E-state index is 10.8. The Morgan fingerprint density at radius 1 is 1.60 bits per heavy atom. The predicted molar refractivity (Wildman–Crippen MR) is 62.9 cm³/mol. The van der Waals surface area contributed by atoms with Crippen molar-refractivity contribution in [1.82, 2.24) is 4.98 Å². The average molecular weight is 224 g/mol. The Morgan fingerprint density at radius 3 is 2.80 bits per heavy atom. The van der Waals surface area contributed by atoms with Crippen molar-refractivity contribution in [2.24, 2.45) is 0 Å². The van der Waals surface area contributed by atoms with Gasteiger partial charge in [0, 0.05) is 12.6 Å². The number of thiazole rings is 1. The lowest BCUT2D eigenvalue weighted by atomic mass is 10.4. The van der Waals surface area contributed by atoms with E-state index in [4.69, 9.17) is 0 Å². The third-order valence-electron chi connectivity index (χ3n) is 2.63. The van der Waals surface area contributed by atoms with Crippen LogP contribution in [0.1, 0.15) is 41.6 Å². The minimum absolute atomic E-state index is 0.676. The lowest BCUT2D eigenvalue weighted by Crippen LogP contribution is -2.26. The summed E-state index contributed by atoms with van der Waals surface area (Å²) in [7, 11) is 0. The highest BCUT2D eigenvalue weighted by Crippen LogP contribution is 2.34. The fourth-order valence-corrected chi connectivity index (χ4v) is 2.67. The zero-order valence-electron chi connectivity index (χ0n) is 9.19. The van der Waals surface area contributed by atoms with Crippen molar-refractivity contribution in [3.05, 3.63) is 10.6 Å². The molecule has 15 heavy (non-hydrogen) atoms. The van der Waals surface area contributed by atoms with Gasteiger partial charge in [-0.3, -0.25) is 4.79 Å². The molecule has 1 fully saturated rings. The van der Waals surface area contributed by atoms with Gasteiger partial charge in [-0.25, -0.2) is 4.98 Å². The van der Waals surface area contributed by atoms with E-state index in [1.165, 1.54) is 24.2 Å². The maximum Gasteiger partial charge on any atom is 0.186 e. The zero-order chi connectivity index (χ0) is 10.8. The van der Waals surface area contributed by atoms with E-state index in [-0.39, 0.29) is 0 Å². The first kappa shape index (κ1) is 10.6. The van der Waals surface area contributed by atoms with Crippen molar-refractivity contribution in [3.8, 4) is 0 Å². The molecule has 2 rings (SSSR count). The Labute approximate surface area is 94.1 Å². The Balaban J connectivity index is 2.20. The number of rotatable bonds is 5. The summed E-state index contributed by atoms with van der Waals surface area (Å²) in [5, 5.41) is 1.03. The van der Waals surface area contributed by atoms with Crippen molar-refractivity contribution >= 4 is 22.8 Å². The van der Waals surface area contributed by atoms with Crippen molar-refractivity contribution in [2.75, 3.05) is 11.4 Å². The molecular formula is C11H16N2OS. The molecule has 82 valence electrons. The predicted octanol–water partition coefficient (Wildman–Crippen LogP) is 2.64. The molecule has 0 radical (unpaired) electrons. The summed E-state index contributed by atoms with van der Waals surface area (Å²) in [6.45, 7) is 5.13. The SMILES string of the molecule is CCCN(c1nc(C)c(C=O)s1)C1CC1. The quantitative estimate of drug-likeness (QED) is 0.721. The van der Waals surface area contributed by atoms with E-state index >= 15 is 0 Å². The Hall–Kier alpha value is -0.900. The van der Waals surface area contributed by atoms with Gasteiger partial charge < -0.3 is 4.90 Å². The normalized spacial score (nSPS) is 15.3. The van der Waals surface area contributed by atoms with Gasteiger partial charge in [-0.1, -0.05) is 18.3 Å². The van der Waals surface area contributed by atoms with E-state index in [0.717, 1.165) is 35.0 Å². The van der Waals surface area contributed by atoms with Crippen LogP contribution >= 0.6 is 11.3 Å². The second-order valence-electron chi connectivity index (χ2n) is 3.99. The molecule has 1 aliphatic rings. The first-order chi connectivity index (χ1) is 7.26. The van der Waals surface area contributed by atoms with Crippen molar-refractivity contribution < 1.29 is 4.79 Å². The fourth-order valence-electron chi connectivity index (χ4n) is 1.69. The summed E-state index contributed by atoms with van der Waals surface area (Å²) in [5.41, 5.74) is 0.867. The van der Waals surface area contributed by atoms with Crippen LogP contribution in [0.15, 0.2) is 0 Å².